The van der Waals surface area contributed by atoms with E-state index in [1.54, 1.807) is 0 Å². The van der Waals surface area contributed by atoms with Crippen molar-refractivity contribution in [3.05, 3.63) is 36.7 Å². The Morgan fingerprint density at radius 1 is 1.42 bits per heavy atom. The molecular formula is C11H17N. The average Bonchev–Trinajstić information content (AvgIpc) is 2.14. The number of rotatable bonds is 4. The van der Waals surface area contributed by atoms with Crippen molar-refractivity contribution in [1.29, 1.82) is 0 Å². The topological polar surface area (TPSA) is 3.24 Å². The number of hydrogen-bond donors (Lipinski definition) is 0. The Morgan fingerprint density at radius 2 is 2.33 bits per heavy atom. The third kappa shape index (κ3) is 3.42. The van der Waals surface area contributed by atoms with E-state index < -0.39 is 0 Å². The summed E-state index contributed by atoms with van der Waals surface area (Å²) in [6, 6.07) is 0. The van der Waals surface area contributed by atoms with Crippen LogP contribution in [-0.2, 0) is 0 Å². The molecule has 0 saturated heterocycles. The summed E-state index contributed by atoms with van der Waals surface area (Å²) in [6.45, 7) is 3.23. The fourth-order valence-electron chi connectivity index (χ4n) is 1.12. The summed E-state index contributed by atoms with van der Waals surface area (Å²) < 4.78 is 0. The summed E-state index contributed by atoms with van der Waals surface area (Å²) in [5.74, 6) is 0. The third-order valence-electron chi connectivity index (χ3n) is 1.86. The highest BCUT2D eigenvalue weighted by atomic mass is 15.1. The van der Waals surface area contributed by atoms with Gasteiger partial charge in [0.05, 0.1) is 0 Å². The van der Waals surface area contributed by atoms with Gasteiger partial charge in [-0.15, -0.1) is 0 Å². The van der Waals surface area contributed by atoms with Gasteiger partial charge in [-0.05, 0) is 18.7 Å². The Morgan fingerprint density at radius 3 is 3.00 bits per heavy atom. The molecule has 12 heavy (non-hydrogen) atoms. The number of nitrogens with zero attached hydrogens (tertiary/aromatic N) is 1. The third-order valence-corrected chi connectivity index (χ3v) is 1.86. The Labute approximate surface area is 75.1 Å². The van der Waals surface area contributed by atoms with Crippen LogP contribution in [0.4, 0.5) is 0 Å². The molecule has 1 heterocycles. The molecule has 0 aromatic rings. The minimum atomic E-state index is 1.01. The lowest BCUT2D eigenvalue weighted by atomic mass is 10.2. The largest absolute Gasteiger partial charge is 0.351 e. The molecule has 0 aromatic carbocycles. The summed E-state index contributed by atoms with van der Waals surface area (Å²) in [5, 5.41) is 0. The molecule has 0 aromatic heterocycles. The Bertz CT molecular complexity index is 189. The Kier molecular flexibility index (Phi) is 4.28. The van der Waals surface area contributed by atoms with Crippen molar-refractivity contribution in [3.8, 4) is 0 Å². The molecule has 0 bridgehead atoms. The van der Waals surface area contributed by atoms with Gasteiger partial charge in [0, 0.05) is 12.7 Å². The summed E-state index contributed by atoms with van der Waals surface area (Å²) in [6.07, 6.45) is 16.6. The van der Waals surface area contributed by atoms with Gasteiger partial charge < -0.3 is 4.90 Å². The molecule has 1 nitrogen and oxygen atoms in total. The monoisotopic (exact) mass is 163 g/mol. The Balaban J connectivity index is 2.17. The lowest BCUT2D eigenvalue weighted by Crippen LogP contribution is -2.10. The molecule has 0 amide bonds. The summed E-state index contributed by atoms with van der Waals surface area (Å²) in [7, 11) is 0. The first-order valence-electron chi connectivity index (χ1n) is 4.69. The summed E-state index contributed by atoms with van der Waals surface area (Å²) in [4.78, 5) is 2.19. The zero-order valence-corrected chi connectivity index (χ0v) is 7.74. The predicted octanol–water partition coefficient (Wildman–Crippen LogP) is 3.08. The maximum absolute atomic E-state index is 2.24. The lowest BCUT2D eigenvalue weighted by molar-refractivity contribution is 0.556. The van der Waals surface area contributed by atoms with E-state index >= 15 is 0 Å². The van der Waals surface area contributed by atoms with E-state index in [9.17, 15) is 0 Å². The van der Waals surface area contributed by atoms with Crippen LogP contribution in [0, 0.1) is 0 Å². The van der Waals surface area contributed by atoms with Gasteiger partial charge >= 0.3 is 0 Å². The molecule has 0 spiro atoms. The van der Waals surface area contributed by atoms with E-state index in [-0.39, 0.29) is 0 Å². The highest BCUT2D eigenvalue weighted by Crippen LogP contribution is 2.01. The molecule has 0 radical (unpaired) electrons. The average molecular weight is 163 g/mol. The minimum absolute atomic E-state index is 1.01. The molecular weight excluding hydrogens is 146 g/mol. The predicted molar refractivity (Wildman–Crippen MR) is 53.7 cm³/mol. The van der Waals surface area contributed by atoms with Gasteiger partial charge in [-0.1, -0.05) is 38.0 Å². The van der Waals surface area contributed by atoms with Gasteiger partial charge in [0.2, 0.25) is 0 Å². The SMILES string of the molecule is CCCCC=CN1C=CC=CC1. The smallest absolute Gasteiger partial charge is 0.0403 e. The number of unbranched alkanes of at least 4 members (excludes halogenated alkanes) is 2. The molecule has 0 aliphatic carbocycles. The molecule has 0 unspecified atom stereocenters. The van der Waals surface area contributed by atoms with Crippen molar-refractivity contribution in [2.24, 2.45) is 0 Å². The van der Waals surface area contributed by atoms with Crippen LogP contribution in [0.1, 0.15) is 26.2 Å². The van der Waals surface area contributed by atoms with Crippen LogP contribution in [0.3, 0.4) is 0 Å². The Hall–Kier alpha value is -0.980. The van der Waals surface area contributed by atoms with Crippen molar-refractivity contribution >= 4 is 0 Å². The van der Waals surface area contributed by atoms with Crippen LogP contribution in [0.2, 0.25) is 0 Å². The van der Waals surface area contributed by atoms with Crippen molar-refractivity contribution in [1.82, 2.24) is 4.90 Å². The van der Waals surface area contributed by atoms with Crippen LogP contribution in [0.15, 0.2) is 36.7 Å². The molecule has 0 fully saturated rings. The standard InChI is InChI=1S/C11H17N/c1-2-3-4-6-9-12-10-7-5-8-11-12/h5-10H,2-4,11H2,1H3. The summed E-state index contributed by atoms with van der Waals surface area (Å²) >= 11 is 0. The lowest BCUT2D eigenvalue weighted by Gasteiger charge is -2.14. The highest BCUT2D eigenvalue weighted by Gasteiger charge is 1.91. The molecule has 0 N–H and O–H groups in total. The van der Waals surface area contributed by atoms with Crippen LogP contribution in [0.5, 0.6) is 0 Å². The zero-order chi connectivity index (χ0) is 8.65. The van der Waals surface area contributed by atoms with Gasteiger partial charge in [0.15, 0.2) is 0 Å². The molecule has 0 saturated carbocycles. The summed E-state index contributed by atoms with van der Waals surface area (Å²) in [5.41, 5.74) is 0. The molecule has 1 rings (SSSR count). The zero-order valence-electron chi connectivity index (χ0n) is 7.74. The molecule has 66 valence electrons. The van der Waals surface area contributed by atoms with E-state index in [2.05, 4.69) is 48.5 Å². The van der Waals surface area contributed by atoms with E-state index in [1.165, 1.54) is 19.3 Å². The van der Waals surface area contributed by atoms with E-state index in [1.807, 2.05) is 0 Å². The molecule has 1 aliphatic rings. The normalized spacial score (nSPS) is 16.2. The van der Waals surface area contributed by atoms with Gasteiger partial charge in [-0.2, -0.15) is 0 Å². The van der Waals surface area contributed by atoms with Crippen molar-refractivity contribution in [2.45, 2.75) is 26.2 Å². The fraction of sp³-hybridized carbons (Fsp3) is 0.455. The van der Waals surface area contributed by atoms with E-state index in [4.69, 9.17) is 0 Å². The van der Waals surface area contributed by atoms with E-state index in [0.29, 0.717) is 0 Å². The maximum atomic E-state index is 2.24. The fourth-order valence-corrected chi connectivity index (χ4v) is 1.12. The van der Waals surface area contributed by atoms with Crippen LogP contribution in [0.25, 0.3) is 0 Å². The van der Waals surface area contributed by atoms with E-state index in [0.717, 1.165) is 6.54 Å². The molecule has 0 atom stereocenters. The van der Waals surface area contributed by atoms with Gasteiger partial charge in [0.25, 0.3) is 0 Å². The van der Waals surface area contributed by atoms with Crippen molar-refractivity contribution in [2.75, 3.05) is 6.54 Å². The van der Waals surface area contributed by atoms with Gasteiger partial charge in [0.1, 0.15) is 0 Å². The van der Waals surface area contributed by atoms with Crippen molar-refractivity contribution in [3.63, 3.8) is 0 Å². The first-order valence-corrected chi connectivity index (χ1v) is 4.69. The van der Waals surface area contributed by atoms with Crippen LogP contribution in [-0.4, -0.2) is 11.4 Å². The van der Waals surface area contributed by atoms with Crippen LogP contribution < -0.4 is 0 Å². The second kappa shape index (κ2) is 5.64. The van der Waals surface area contributed by atoms with Gasteiger partial charge in [-0.25, -0.2) is 0 Å². The number of hydrogen-bond acceptors (Lipinski definition) is 1. The highest BCUT2D eigenvalue weighted by molar-refractivity contribution is 5.10. The second-order valence-electron chi connectivity index (χ2n) is 2.99. The van der Waals surface area contributed by atoms with Crippen molar-refractivity contribution < 1.29 is 0 Å². The minimum Gasteiger partial charge on any atom is -0.351 e. The quantitative estimate of drug-likeness (QED) is 0.576. The maximum Gasteiger partial charge on any atom is 0.0403 e. The first-order chi connectivity index (χ1) is 5.93. The second-order valence-corrected chi connectivity index (χ2v) is 2.99. The first kappa shape index (κ1) is 9.11. The molecule has 1 aliphatic heterocycles. The molecule has 1 heteroatoms. The number of allylic oxidation sites excluding steroid dienone is 3. The van der Waals surface area contributed by atoms with Gasteiger partial charge in [-0.3, -0.25) is 0 Å². The van der Waals surface area contributed by atoms with Crippen LogP contribution >= 0.6 is 0 Å².